The molecule has 0 unspecified atom stereocenters. The van der Waals surface area contributed by atoms with E-state index in [-0.39, 0.29) is 18.0 Å². The fourth-order valence-corrected chi connectivity index (χ4v) is 6.38. The molecule has 0 radical (unpaired) electrons. The van der Waals surface area contributed by atoms with E-state index < -0.39 is 0 Å². The standard InChI is InChI=1S/C31H29ClN4O2/c1-19(24-8-7-22(14-28(24)38-2)21-6-3-5-20(13-21)17-33)36-29-25(9-10-27(32)26(29)18-34-36)30(37)35-23-15-31(16-23)11-4-12-31/h3,5-10,13-14,18-19,23H,4,11-12,15-16H2,1-2H3,(H,35,37)/t19-/m0/s1. The molecule has 0 saturated heterocycles. The summed E-state index contributed by atoms with van der Waals surface area (Å²) in [7, 11) is 1.64. The fraction of sp³-hybridized carbons (Fsp3) is 0.323. The number of benzene rings is 3. The van der Waals surface area contributed by atoms with Crippen molar-refractivity contribution in [3.63, 3.8) is 0 Å². The third-order valence-corrected chi connectivity index (χ3v) is 8.76. The molecule has 1 N–H and O–H groups in total. The van der Waals surface area contributed by atoms with Gasteiger partial charge in [0.05, 0.1) is 47.1 Å². The van der Waals surface area contributed by atoms with Gasteiger partial charge in [-0.2, -0.15) is 10.4 Å². The summed E-state index contributed by atoms with van der Waals surface area (Å²) < 4.78 is 7.65. The lowest BCUT2D eigenvalue weighted by Gasteiger charge is -2.54. The van der Waals surface area contributed by atoms with Crippen molar-refractivity contribution in [1.29, 1.82) is 5.26 Å². The largest absolute Gasteiger partial charge is 0.496 e. The van der Waals surface area contributed by atoms with Crippen LogP contribution in [0.5, 0.6) is 5.75 Å². The minimum absolute atomic E-state index is 0.0838. The highest BCUT2D eigenvalue weighted by atomic mass is 35.5. The summed E-state index contributed by atoms with van der Waals surface area (Å²) in [5, 5.41) is 18.5. The molecule has 1 atom stereocenters. The molecule has 2 fully saturated rings. The van der Waals surface area contributed by atoms with Crippen LogP contribution in [0.15, 0.2) is 60.8 Å². The normalized spacial score (nSPS) is 16.9. The van der Waals surface area contributed by atoms with Gasteiger partial charge in [0, 0.05) is 17.0 Å². The Morgan fingerprint density at radius 2 is 1.97 bits per heavy atom. The van der Waals surface area contributed by atoms with Crippen LogP contribution in [0.2, 0.25) is 5.02 Å². The molecule has 2 aliphatic rings. The lowest BCUT2D eigenvalue weighted by molar-refractivity contribution is -0.000604. The van der Waals surface area contributed by atoms with Gasteiger partial charge in [0.2, 0.25) is 0 Å². The van der Waals surface area contributed by atoms with Crippen LogP contribution >= 0.6 is 11.6 Å². The van der Waals surface area contributed by atoms with Crippen molar-refractivity contribution in [1.82, 2.24) is 15.1 Å². The summed E-state index contributed by atoms with van der Waals surface area (Å²) >= 11 is 6.54. The van der Waals surface area contributed by atoms with Gasteiger partial charge in [-0.05, 0) is 79.5 Å². The monoisotopic (exact) mass is 524 g/mol. The minimum atomic E-state index is -0.228. The van der Waals surface area contributed by atoms with Crippen molar-refractivity contribution >= 4 is 28.4 Å². The van der Waals surface area contributed by atoms with Crippen LogP contribution in [-0.4, -0.2) is 28.8 Å². The SMILES string of the molecule is COc1cc(-c2cccc(C#N)c2)ccc1[C@H](C)n1ncc2c(Cl)ccc(C(=O)NC3CC4(CCC4)C3)c21. The number of aromatic nitrogens is 2. The zero-order valence-corrected chi connectivity index (χ0v) is 22.3. The number of nitriles is 1. The van der Waals surface area contributed by atoms with Crippen LogP contribution in [0, 0.1) is 16.7 Å². The first-order chi connectivity index (χ1) is 18.4. The first-order valence-electron chi connectivity index (χ1n) is 13.1. The van der Waals surface area contributed by atoms with Crippen LogP contribution in [0.1, 0.15) is 66.6 Å². The number of methoxy groups -OCH3 is 1. The lowest BCUT2D eigenvalue weighted by atomic mass is 9.54. The second-order valence-corrected chi connectivity index (χ2v) is 11.1. The minimum Gasteiger partial charge on any atom is -0.496 e. The number of amides is 1. The van der Waals surface area contributed by atoms with E-state index in [1.165, 1.54) is 19.3 Å². The van der Waals surface area contributed by atoms with E-state index in [0.717, 1.165) is 34.9 Å². The molecular formula is C31H29ClN4O2. The topological polar surface area (TPSA) is 79.9 Å². The maximum Gasteiger partial charge on any atom is 0.253 e. The molecule has 38 heavy (non-hydrogen) atoms. The van der Waals surface area contributed by atoms with E-state index in [2.05, 4.69) is 16.5 Å². The third kappa shape index (κ3) is 4.12. The predicted octanol–water partition coefficient (Wildman–Crippen LogP) is 6.91. The molecule has 0 aliphatic heterocycles. The molecule has 6 nitrogen and oxygen atoms in total. The average molecular weight is 525 g/mol. The van der Waals surface area contributed by atoms with E-state index >= 15 is 0 Å². The summed E-state index contributed by atoms with van der Waals surface area (Å²) in [6, 6.07) is 19.3. The molecule has 1 spiro atoms. The Labute approximate surface area is 227 Å². The van der Waals surface area contributed by atoms with Crippen LogP contribution in [0.4, 0.5) is 0 Å². The summed E-state index contributed by atoms with van der Waals surface area (Å²) in [5.41, 5.74) is 5.21. The number of carbonyl (C=O) groups is 1. The maximum absolute atomic E-state index is 13.4. The van der Waals surface area contributed by atoms with Crippen molar-refractivity contribution in [2.45, 2.75) is 51.1 Å². The molecule has 2 aliphatic carbocycles. The predicted molar refractivity (Wildman–Crippen MR) is 148 cm³/mol. The molecule has 0 bridgehead atoms. The summed E-state index contributed by atoms with van der Waals surface area (Å²) in [4.78, 5) is 13.4. The first-order valence-corrected chi connectivity index (χ1v) is 13.4. The van der Waals surface area contributed by atoms with Gasteiger partial charge in [-0.25, -0.2) is 0 Å². The van der Waals surface area contributed by atoms with Crippen LogP contribution in [0.3, 0.4) is 0 Å². The molecule has 192 valence electrons. The number of ether oxygens (including phenoxy) is 1. The number of hydrogen-bond donors (Lipinski definition) is 1. The van der Waals surface area contributed by atoms with Crippen LogP contribution < -0.4 is 10.1 Å². The molecule has 4 aromatic rings. The summed E-state index contributed by atoms with van der Waals surface area (Å²) in [5.74, 6) is 0.619. The quantitative estimate of drug-likeness (QED) is 0.297. The highest BCUT2D eigenvalue weighted by Crippen LogP contribution is 2.55. The molecule has 6 rings (SSSR count). The van der Waals surface area contributed by atoms with Gasteiger partial charge in [-0.1, -0.05) is 42.3 Å². The number of nitrogens with zero attached hydrogens (tertiary/aromatic N) is 3. The lowest BCUT2D eigenvalue weighted by Crippen LogP contribution is -2.53. The zero-order chi connectivity index (χ0) is 26.4. The third-order valence-electron chi connectivity index (χ3n) is 8.43. The highest BCUT2D eigenvalue weighted by molar-refractivity contribution is 6.36. The number of carbonyl (C=O) groups excluding carboxylic acids is 1. The second-order valence-electron chi connectivity index (χ2n) is 10.7. The summed E-state index contributed by atoms with van der Waals surface area (Å²) in [6.07, 6.45) is 7.77. The Balaban J connectivity index is 1.34. The Morgan fingerprint density at radius 3 is 2.68 bits per heavy atom. The Hall–Kier alpha value is -3.82. The van der Waals surface area contributed by atoms with Gasteiger partial charge in [0.1, 0.15) is 5.75 Å². The van der Waals surface area contributed by atoms with E-state index in [4.69, 9.17) is 16.3 Å². The smallest absolute Gasteiger partial charge is 0.253 e. The molecule has 2 saturated carbocycles. The molecule has 1 aromatic heterocycles. The fourth-order valence-electron chi connectivity index (χ4n) is 6.18. The number of halogens is 1. The highest BCUT2D eigenvalue weighted by Gasteiger charge is 2.48. The van der Waals surface area contributed by atoms with Gasteiger partial charge >= 0.3 is 0 Å². The molecular weight excluding hydrogens is 496 g/mol. The van der Waals surface area contributed by atoms with Crippen molar-refractivity contribution in [2.75, 3.05) is 7.11 Å². The van der Waals surface area contributed by atoms with Gasteiger partial charge in [-0.3, -0.25) is 9.48 Å². The summed E-state index contributed by atoms with van der Waals surface area (Å²) in [6.45, 7) is 2.04. The van der Waals surface area contributed by atoms with Crippen LogP contribution in [0.25, 0.3) is 22.0 Å². The number of fused-ring (bicyclic) bond motifs is 1. The van der Waals surface area contributed by atoms with E-state index in [0.29, 0.717) is 32.8 Å². The number of nitrogens with one attached hydrogen (secondary N) is 1. The average Bonchev–Trinajstić information content (AvgIpc) is 3.35. The Bertz CT molecular complexity index is 1590. The van der Waals surface area contributed by atoms with Crippen molar-refractivity contribution in [3.8, 4) is 22.9 Å². The van der Waals surface area contributed by atoms with Gasteiger partial charge in [-0.15, -0.1) is 0 Å². The van der Waals surface area contributed by atoms with E-state index in [9.17, 15) is 10.1 Å². The van der Waals surface area contributed by atoms with Crippen molar-refractivity contribution in [3.05, 3.63) is 82.5 Å². The van der Waals surface area contributed by atoms with E-state index in [1.54, 1.807) is 31.5 Å². The molecule has 1 heterocycles. The second kappa shape index (κ2) is 9.49. The first kappa shape index (κ1) is 24.5. The molecule has 7 heteroatoms. The van der Waals surface area contributed by atoms with E-state index in [1.807, 2.05) is 48.0 Å². The van der Waals surface area contributed by atoms with Crippen molar-refractivity contribution < 1.29 is 9.53 Å². The van der Waals surface area contributed by atoms with Crippen LogP contribution in [-0.2, 0) is 0 Å². The van der Waals surface area contributed by atoms with Gasteiger partial charge < -0.3 is 10.1 Å². The number of rotatable bonds is 6. The van der Waals surface area contributed by atoms with Gasteiger partial charge in [0.25, 0.3) is 5.91 Å². The molecule has 3 aromatic carbocycles. The Kier molecular flexibility index (Phi) is 6.12. The Morgan fingerprint density at radius 1 is 1.18 bits per heavy atom. The van der Waals surface area contributed by atoms with Crippen molar-refractivity contribution in [2.24, 2.45) is 5.41 Å². The number of hydrogen-bond acceptors (Lipinski definition) is 4. The molecule has 1 amide bonds. The maximum atomic E-state index is 13.4. The zero-order valence-electron chi connectivity index (χ0n) is 21.5. The van der Waals surface area contributed by atoms with Gasteiger partial charge in [0.15, 0.2) is 0 Å².